The molecule has 2 heterocycles. The molecule has 1 aromatic rings. The summed E-state index contributed by atoms with van der Waals surface area (Å²) in [7, 11) is 0. The number of nitro groups is 1. The maximum absolute atomic E-state index is 12.9. The third-order valence-corrected chi connectivity index (χ3v) is 4.76. The Hall–Kier alpha value is -3.16. The minimum Gasteiger partial charge on any atom is -0.465 e. The van der Waals surface area contributed by atoms with Gasteiger partial charge in [0.05, 0.1) is 11.5 Å². The largest absolute Gasteiger partial charge is 0.465 e. The van der Waals surface area contributed by atoms with Crippen LogP contribution in [0.5, 0.6) is 0 Å². The van der Waals surface area contributed by atoms with Crippen molar-refractivity contribution in [3.8, 4) is 0 Å². The smallest absolute Gasteiger partial charge is 0.433 e. The van der Waals surface area contributed by atoms with Crippen molar-refractivity contribution in [2.45, 2.75) is 31.1 Å². The van der Waals surface area contributed by atoms with Gasteiger partial charge in [-0.05, 0) is 25.7 Å². The van der Waals surface area contributed by atoms with Crippen LogP contribution in [0.3, 0.4) is 0 Å². The second-order valence-electron chi connectivity index (χ2n) is 6.39. The topological polar surface area (TPSA) is 137 Å². The third-order valence-electron chi connectivity index (χ3n) is 4.22. The highest BCUT2D eigenvalue weighted by molar-refractivity contribution is 7.98. The molecule has 0 aromatic carbocycles. The van der Waals surface area contributed by atoms with Crippen molar-refractivity contribution in [3.63, 3.8) is 0 Å². The van der Waals surface area contributed by atoms with Gasteiger partial charge in [-0.2, -0.15) is 23.1 Å². The fourth-order valence-corrected chi connectivity index (χ4v) is 3.12. The summed E-state index contributed by atoms with van der Waals surface area (Å²) in [5.74, 6) is -1.19. The van der Waals surface area contributed by atoms with Crippen LogP contribution in [0.1, 0.15) is 19.8 Å². The van der Waals surface area contributed by atoms with E-state index in [2.05, 4.69) is 15.0 Å². The van der Waals surface area contributed by atoms with Gasteiger partial charge in [0, 0.05) is 19.2 Å². The highest BCUT2D eigenvalue weighted by atomic mass is 32.2. The molecule has 1 aromatic heterocycles. The van der Waals surface area contributed by atoms with E-state index in [0.29, 0.717) is 5.57 Å². The molecule has 174 valence electrons. The van der Waals surface area contributed by atoms with Gasteiger partial charge in [0.25, 0.3) is 0 Å². The van der Waals surface area contributed by atoms with Crippen molar-refractivity contribution in [2.75, 3.05) is 36.6 Å². The molecule has 0 saturated carbocycles. The predicted molar refractivity (Wildman–Crippen MR) is 114 cm³/mol. The first-order valence-corrected chi connectivity index (χ1v) is 10.5. The van der Waals surface area contributed by atoms with E-state index in [4.69, 9.17) is 10.5 Å². The lowest BCUT2D eigenvalue weighted by molar-refractivity contribution is -0.383. The monoisotopic (exact) mass is 474 g/mol. The number of halogens is 3. The van der Waals surface area contributed by atoms with Crippen LogP contribution in [0.4, 0.5) is 30.5 Å². The Morgan fingerprint density at radius 1 is 1.38 bits per heavy atom. The summed E-state index contributed by atoms with van der Waals surface area (Å²) in [4.78, 5) is 35.7. The van der Waals surface area contributed by atoms with Gasteiger partial charge in [-0.1, -0.05) is 23.4 Å². The molecular weight excluding hydrogens is 453 g/mol. The minimum absolute atomic E-state index is 0.0266. The fourth-order valence-electron chi connectivity index (χ4n) is 2.75. The Kier molecular flexibility index (Phi) is 8.57. The Labute approximate surface area is 185 Å². The molecular formula is C18H21F3N6O4S. The van der Waals surface area contributed by atoms with E-state index < -0.39 is 28.5 Å². The van der Waals surface area contributed by atoms with Crippen molar-refractivity contribution in [1.82, 2.24) is 9.97 Å². The molecule has 0 unspecified atom stereocenters. The van der Waals surface area contributed by atoms with E-state index in [1.165, 1.54) is 11.0 Å². The molecule has 14 heteroatoms. The molecule has 10 nitrogen and oxygen atoms in total. The first-order valence-electron chi connectivity index (χ1n) is 9.32. The molecule has 1 aliphatic rings. The molecule has 0 fully saturated rings. The van der Waals surface area contributed by atoms with E-state index in [0.717, 1.165) is 24.1 Å². The standard InChI is InChI=1S/C18H21F3N6O4S/c1-3-31-13(28)10-26(16-14(27(29)30)15(22)24-17(25-16)32-2)9-7-11-4-5-12(18(19,20)21)23-8-6-11/h4-5,8H,3,6-7,9-10H2,1-2H3,(H2,22,24,25). The molecule has 2 N–H and O–H groups in total. The van der Waals surface area contributed by atoms with Gasteiger partial charge in [-0.15, -0.1) is 0 Å². The van der Waals surface area contributed by atoms with Crippen LogP contribution in [0.15, 0.2) is 33.6 Å². The number of ether oxygens (including phenoxy) is 1. The lowest BCUT2D eigenvalue weighted by atomic mass is 10.1. The molecule has 0 amide bonds. The lowest BCUT2D eigenvalue weighted by Crippen LogP contribution is -2.34. The molecule has 2 rings (SSSR count). The normalized spacial score (nSPS) is 13.8. The third kappa shape index (κ3) is 6.67. The van der Waals surface area contributed by atoms with E-state index in [1.807, 2.05) is 0 Å². The van der Waals surface area contributed by atoms with Crippen molar-refractivity contribution in [3.05, 3.63) is 33.5 Å². The quantitative estimate of drug-likeness (QED) is 0.188. The first-order chi connectivity index (χ1) is 15.1. The SMILES string of the molecule is CCOC(=O)CN(CCC1=CC=C(C(F)(F)F)N=CC1)c1nc(SC)nc(N)c1[N+](=O)[O-]. The molecule has 0 saturated heterocycles. The predicted octanol–water partition coefficient (Wildman–Crippen LogP) is 3.30. The number of anilines is 2. The number of allylic oxidation sites excluding steroid dienone is 3. The average molecular weight is 474 g/mol. The highest BCUT2D eigenvalue weighted by Gasteiger charge is 2.33. The summed E-state index contributed by atoms with van der Waals surface area (Å²) in [6.45, 7) is 1.37. The zero-order valence-electron chi connectivity index (χ0n) is 17.3. The minimum atomic E-state index is -4.58. The molecule has 1 aliphatic heterocycles. The molecule has 0 aliphatic carbocycles. The van der Waals surface area contributed by atoms with Crippen LogP contribution < -0.4 is 10.6 Å². The summed E-state index contributed by atoms with van der Waals surface area (Å²) in [5.41, 5.74) is 4.73. The van der Waals surface area contributed by atoms with Gasteiger partial charge in [0.15, 0.2) is 5.16 Å². The molecule has 0 bridgehead atoms. The molecule has 0 spiro atoms. The Balaban J connectivity index is 2.37. The summed E-state index contributed by atoms with van der Waals surface area (Å²) >= 11 is 1.10. The summed E-state index contributed by atoms with van der Waals surface area (Å²) in [5, 5.41) is 11.8. The fraction of sp³-hybridized carbons (Fsp3) is 0.444. The zero-order chi connectivity index (χ0) is 23.9. The zero-order valence-corrected chi connectivity index (χ0v) is 18.1. The number of aromatic nitrogens is 2. The number of esters is 1. The van der Waals surface area contributed by atoms with E-state index >= 15 is 0 Å². The summed E-state index contributed by atoms with van der Waals surface area (Å²) in [6.07, 6.45) is 0.715. The second-order valence-corrected chi connectivity index (χ2v) is 7.17. The van der Waals surface area contributed by atoms with Crippen molar-refractivity contribution < 1.29 is 27.6 Å². The number of aliphatic imine (C=N–C) groups is 1. The van der Waals surface area contributed by atoms with Gasteiger partial charge in [-0.3, -0.25) is 19.9 Å². The Morgan fingerprint density at radius 2 is 2.09 bits per heavy atom. The van der Waals surface area contributed by atoms with Crippen LogP contribution in [0.25, 0.3) is 0 Å². The lowest BCUT2D eigenvalue weighted by Gasteiger charge is -2.23. The van der Waals surface area contributed by atoms with Crippen LogP contribution in [-0.4, -0.2) is 59.2 Å². The summed E-state index contributed by atoms with van der Waals surface area (Å²) in [6, 6.07) is 0. The maximum atomic E-state index is 12.9. The van der Waals surface area contributed by atoms with Crippen molar-refractivity contribution >= 4 is 41.3 Å². The van der Waals surface area contributed by atoms with Crippen LogP contribution in [0, 0.1) is 10.1 Å². The van der Waals surface area contributed by atoms with E-state index in [9.17, 15) is 28.1 Å². The van der Waals surface area contributed by atoms with Crippen molar-refractivity contribution in [1.29, 1.82) is 0 Å². The van der Waals surface area contributed by atoms with Crippen LogP contribution in [0.2, 0.25) is 0 Å². The van der Waals surface area contributed by atoms with Crippen LogP contribution in [-0.2, 0) is 9.53 Å². The highest BCUT2D eigenvalue weighted by Crippen LogP contribution is 2.33. The number of hydrogen-bond donors (Lipinski definition) is 1. The number of hydrogen-bond acceptors (Lipinski definition) is 10. The number of thioether (sulfide) groups is 1. The van der Waals surface area contributed by atoms with Crippen molar-refractivity contribution in [2.24, 2.45) is 4.99 Å². The average Bonchev–Trinajstić information content (AvgIpc) is 2.96. The Morgan fingerprint density at radius 3 is 2.69 bits per heavy atom. The van der Waals surface area contributed by atoms with Gasteiger partial charge in [0.1, 0.15) is 12.2 Å². The molecule has 32 heavy (non-hydrogen) atoms. The van der Waals surface area contributed by atoms with E-state index in [1.54, 1.807) is 13.2 Å². The Bertz CT molecular complexity index is 965. The summed E-state index contributed by atoms with van der Waals surface area (Å²) < 4.78 is 43.5. The molecule has 0 atom stereocenters. The number of carbonyl (C=O) groups is 1. The number of nitrogens with zero attached hydrogens (tertiary/aromatic N) is 5. The second kappa shape index (κ2) is 10.9. The van der Waals surface area contributed by atoms with Gasteiger partial charge >= 0.3 is 17.8 Å². The maximum Gasteiger partial charge on any atom is 0.433 e. The van der Waals surface area contributed by atoms with Gasteiger partial charge < -0.3 is 15.4 Å². The van der Waals surface area contributed by atoms with Gasteiger partial charge in [0.2, 0.25) is 11.6 Å². The van der Waals surface area contributed by atoms with E-state index in [-0.39, 0.29) is 49.3 Å². The number of carbonyl (C=O) groups excluding carboxylic acids is 1. The number of alkyl halides is 3. The van der Waals surface area contributed by atoms with Crippen LogP contribution >= 0.6 is 11.8 Å². The number of rotatable bonds is 9. The number of nitrogen functional groups attached to an aromatic ring is 1. The first kappa shape index (κ1) is 25.1. The molecule has 0 radical (unpaired) electrons. The van der Waals surface area contributed by atoms with Gasteiger partial charge in [-0.25, -0.2) is 0 Å². The number of nitrogens with two attached hydrogens (primary N) is 1.